The maximum Gasteiger partial charge on any atom is 0.431 e. The molecule has 1 aromatic rings. The van der Waals surface area contributed by atoms with E-state index >= 15 is 0 Å². The summed E-state index contributed by atoms with van der Waals surface area (Å²) in [5.74, 6) is 0.179. The number of carbonyl (C=O) groups is 2. The van der Waals surface area contributed by atoms with Crippen molar-refractivity contribution < 1.29 is 22.8 Å². The Labute approximate surface area is 171 Å². The number of nitrogens with one attached hydrogen (secondary N) is 1. The second-order valence-corrected chi connectivity index (χ2v) is 9.24. The van der Waals surface area contributed by atoms with Crippen molar-refractivity contribution in [3.05, 3.63) is 34.9 Å². The molecule has 4 nitrogen and oxygen atoms in total. The molecule has 1 N–H and O–H groups in total. The van der Waals surface area contributed by atoms with E-state index in [2.05, 4.69) is 5.10 Å². The fourth-order valence-electron chi connectivity index (χ4n) is 5.81. The number of hydrazone groups is 1. The first-order chi connectivity index (χ1) is 13.6. The Hall–Kier alpha value is -1.89. The molecule has 4 bridgehead atoms. The molecule has 156 valence electrons. The van der Waals surface area contributed by atoms with E-state index in [-0.39, 0.29) is 16.4 Å². The molecule has 0 unspecified atom stereocenters. The van der Waals surface area contributed by atoms with Crippen molar-refractivity contribution in [2.45, 2.75) is 51.1 Å². The Morgan fingerprint density at radius 2 is 1.69 bits per heavy atom. The SMILES string of the molecule is O=C(N/N=C(/CC(=O)C12CC3CC(CC(C3)C1)C2)C(F)(F)F)c1cccc(Cl)c1. The van der Waals surface area contributed by atoms with E-state index in [4.69, 9.17) is 11.6 Å². The minimum absolute atomic E-state index is 0.0928. The first-order valence-electron chi connectivity index (χ1n) is 9.87. The molecule has 0 atom stereocenters. The van der Waals surface area contributed by atoms with Gasteiger partial charge in [0.2, 0.25) is 0 Å². The van der Waals surface area contributed by atoms with Gasteiger partial charge in [-0.1, -0.05) is 17.7 Å². The highest BCUT2D eigenvalue weighted by molar-refractivity contribution is 6.31. The Kier molecular flexibility index (Phi) is 5.21. The van der Waals surface area contributed by atoms with Crippen LogP contribution in [0.4, 0.5) is 13.2 Å². The molecule has 0 spiro atoms. The molecule has 5 rings (SSSR count). The van der Waals surface area contributed by atoms with Crippen molar-refractivity contribution in [2.24, 2.45) is 28.3 Å². The van der Waals surface area contributed by atoms with Gasteiger partial charge in [0, 0.05) is 16.0 Å². The van der Waals surface area contributed by atoms with Gasteiger partial charge in [0.05, 0.1) is 6.42 Å². The van der Waals surface area contributed by atoms with Crippen molar-refractivity contribution in [1.82, 2.24) is 5.43 Å². The van der Waals surface area contributed by atoms with Crippen molar-refractivity contribution in [2.75, 3.05) is 0 Å². The minimum Gasteiger partial charge on any atom is -0.299 e. The van der Waals surface area contributed by atoms with Crippen LogP contribution in [0.5, 0.6) is 0 Å². The Balaban J connectivity index is 1.50. The molecule has 0 radical (unpaired) electrons. The monoisotopic (exact) mass is 426 g/mol. The van der Waals surface area contributed by atoms with Crippen LogP contribution in [0.1, 0.15) is 55.3 Å². The molecule has 0 saturated heterocycles. The summed E-state index contributed by atoms with van der Waals surface area (Å²) in [5.41, 5.74) is 0.126. The summed E-state index contributed by atoms with van der Waals surface area (Å²) < 4.78 is 40.5. The number of Topliss-reactive ketones (excluding diaryl/α,β-unsaturated/α-hetero) is 1. The largest absolute Gasteiger partial charge is 0.431 e. The van der Waals surface area contributed by atoms with Crippen LogP contribution in [0.25, 0.3) is 0 Å². The van der Waals surface area contributed by atoms with Crippen molar-refractivity contribution in [3.63, 3.8) is 0 Å². The van der Waals surface area contributed by atoms with Crippen molar-refractivity contribution in [1.29, 1.82) is 0 Å². The third-order valence-corrected chi connectivity index (χ3v) is 6.90. The average molecular weight is 427 g/mol. The van der Waals surface area contributed by atoms with Gasteiger partial charge in [0.25, 0.3) is 5.91 Å². The van der Waals surface area contributed by atoms with Gasteiger partial charge in [-0.3, -0.25) is 9.59 Å². The predicted molar refractivity (Wildman–Crippen MR) is 103 cm³/mol. The molecule has 0 aliphatic heterocycles. The predicted octanol–water partition coefficient (Wildman–Crippen LogP) is 5.16. The minimum atomic E-state index is -4.79. The third kappa shape index (κ3) is 4.20. The summed E-state index contributed by atoms with van der Waals surface area (Å²) in [7, 11) is 0. The van der Waals surface area contributed by atoms with Crippen molar-refractivity contribution >= 4 is 29.0 Å². The summed E-state index contributed by atoms with van der Waals surface area (Å²) in [5, 5.41) is 3.58. The Morgan fingerprint density at radius 3 is 2.21 bits per heavy atom. The first kappa shape index (κ1) is 20.4. The van der Waals surface area contributed by atoms with Gasteiger partial charge in [-0.15, -0.1) is 0 Å². The summed E-state index contributed by atoms with van der Waals surface area (Å²) in [4.78, 5) is 25.1. The maximum absolute atomic E-state index is 13.5. The summed E-state index contributed by atoms with van der Waals surface area (Å²) in [6.07, 6.45) is -0.216. The molecule has 8 heteroatoms. The molecule has 1 aromatic carbocycles. The second-order valence-electron chi connectivity index (χ2n) is 8.81. The molecule has 4 fully saturated rings. The van der Waals surface area contributed by atoms with Crippen LogP contribution in [-0.4, -0.2) is 23.6 Å². The van der Waals surface area contributed by atoms with E-state index in [0.717, 1.165) is 19.3 Å². The summed E-state index contributed by atoms with van der Waals surface area (Å²) in [6.45, 7) is 0. The number of hydrogen-bond acceptors (Lipinski definition) is 3. The fourth-order valence-corrected chi connectivity index (χ4v) is 6.00. The summed E-state index contributed by atoms with van der Waals surface area (Å²) >= 11 is 5.80. The molecule has 4 saturated carbocycles. The van der Waals surface area contributed by atoms with E-state index in [1.165, 1.54) is 18.2 Å². The number of amides is 1. The molecule has 29 heavy (non-hydrogen) atoms. The average Bonchev–Trinajstić information content (AvgIpc) is 2.62. The van der Waals surface area contributed by atoms with Crippen LogP contribution < -0.4 is 5.43 Å². The number of ketones is 1. The lowest BCUT2D eigenvalue weighted by Crippen LogP contribution is -2.50. The van der Waals surface area contributed by atoms with E-state index in [1.807, 2.05) is 5.43 Å². The number of carbonyl (C=O) groups excluding carboxylic acids is 2. The standard InChI is InChI=1S/C21H22ClF3N2O2/c22-16-3-1-2-15(7-16)19(29)27-26-17(21(23,24)25)8-18(28)20-9-12-4-13(10-20)6-14(5-12)11-20/h1-3,7,12-14H,4-6,8-11H2,(H,27,29)/b26-17-. The van der Waals surface area contributed by atoms with Crippen LogP contribution in [0.3, 0.4) is 0 Å². The van der Waals surface area contributed by atoms with E-state index in [1.54, 1.807) is 6.07 Å². The van der Waals surface area contributed by atoms with Crippen LogP contribution in [0.2, 0.25) is 5.02 Å². The third-order valence-electron chi connectivity index (χ3n) is 6.66. The van der Waals surface area contributed by atoms with Gasteiger partial charge in [0.15, 0.2) is 0 Å². The highest BCUT2D eigenvalue weighted by atomic mass is 35.5. The zero-order valence-electron chi connectivity index (χ0n) is 15.8. The highest BCUT2D eigenvalue weighted by Crippen LogP contribution is 2.60. The highest BCUT2D eigenvalue weighted by Gasteiger charge is 2.55. The number of halogens is 4. The van der Waals surface area contributed by atoms with E-state index in [9.17, 15) is 22.8 Å². The molecule has 0 heterocycles. The Morgan fingerprint density at radius 1 is 1.10 bits per heavy atom. The van der Waals surface area contributed by atoms with Gasteiger partial charge in [0.1, 0.15) is 11.5 Å². The van der Waals surface area contributed by atoms with E-state index < -0.39 is 29.6 Å². The number of alkyl halides is 3. The smallest absolute Gasteiger partial charge is 0.299 e. The Bertz CT molecular complexity index is 830. The van der Waals surface area contributed by atoms with Gasteiger partial charge in [-0.2, -0.15) is 18.3 Å². The number of benzene rings is 1. The van der Waals surface area contributed by atoms with Crippen molar-refractivity contribution in [3.8, 4) is 0 Å². The first-order valence-corrected chi connectivity index (χ1v) is 10.3. The second kappa shape index (κ2) is 7.42. The molecule has 0 aromatic heterocycles. The van der Waals surface area contributed by atoms with Crippen LogP contribution >= 0.6 is 11.6 Å². The number of hydrogen-bond donors (Lipinski definition) is 1. The molecular weight excluding hydrogens is 405 g/mol. The number of rotatable bonds is 5. The van der Waals surface area contributed by atoms with Crippen LogP contribution in [0.15, 0.2) is 29.4 Å². The van der Waals surface area contributed by atoms with Gasteiger partial charge in [-0.05, 0) is 74.5 Å². The van der Waals surface area contributed by atoms with Crippen LogP contribution in [-0.2, 0) is 4.79 Å². The maximum atomic E-state index is 13.5. The zero-order valence-corrected chi connectivity index (χ0v) is 16.5. The van der Waals surface area contributed by atoms with Gasteiger partial charge >= 0.3 is 6.18 Å². The zero-order chi connectivity index (χ0) is 20.8. The molecule has 4 aliphatic carbocycles. The van der Waals surface area contributed by atoms with E-state index in [0.29, 0.717) is 37.0 Å². The fraction of sp³-hybridized carbons (Fsp3) is 0.571. The number of nitrogens with zero attached hydrogens (tertiary/aromatic N) is 1. The molecule has 4 aliphatic rings. The summed E-state index contributed by atoms with van der Waals surface area (Å²) in [6, 6.07) is 5.82. The molecular formula is C21H22ClF3N2O2. The lowest BCUT2D eigenvalue weighted by atomic mass is 9.48. The normalized spacial score (nSPS) is 31.0. The lowest BCUT2D eigenvalue weighted by Gasteiger charge is -2.56. The van der Waals surface area contributed by atoms with Gasteiger partial charge < -0.3 is 0 Å². The van der Waals surface area contributed by atoms with Crippen LogP contribution in [0, 0.1) is 23.2 Å². The lowest BCUT2D eigenvalue weighted by molar-refractivity contribution is -0.143. The molecule has 1 amide bonds. The topological polar surface area (TPSA) is 58.5 Å². The quantitative estimate of drug-likeness (QED) is 0.522. The van der Waals surface area contributed by atoms with Gasteiger partial charge in [-0.25, -0.2) is 5.43 Å².